The van der Waals surface area contributed by atoms with E-state index in [2.05, 4.69) is 26.1 Å². The smallest absolute Gasteiger partial charge is 0.242 e. The van der Waals surface area contributed by atoms with E-state index < -0.39 is 5.41 Å². The van der Waals surface area contributed by atoms with Crippen molar-refractivity contribution in [3.8, 4) is 0 Å². The van der Waals surface area contributed by atoms with Crippen LogP contribution in [-0.4, -0.2) is 18.4 Å². The first-order valence-corrected chi connectivity index (χ1v) is 9.57. The topological polar surface area (TPSA) is 49.4 Å². The number of anilines is 2. The molecule has 4 nitrogen and oxygen atoms in total. The molecule has 2 aromatic rings. The molecule has 0 unspecified atom stereocenters. The van der Waals surface area contributed by atoms with E-state index in [9.17, 15) is 9.59 Å². The quantitative estimate of drug-likeness (QED) is 0.778. The highest BCUT2D eigenvalue weighted by atomic mass is 16.2. The Hall–Kier alpha value is -2.62. The number of nitrogens with one attached hydrogen (secondary N) is 1. The number of hydrogen-bond acceptors (Lipinski definition) is 2. The lowest BCUT2D eigenvalue weighted by Crippen LogP contribution is -2.43. The largest absolute Gasteiger partial charge is 0.325 e. The van der Waals surface area contributed by atoms with Gasteiger partial charge in [-0.3, -0.25) is 9.59 Å². The fraction of sp³-hybridized carbons (Fsp3) is 0.391. The molecule has 2 amide bonds. The number of carbonyl (C=O) groups is 2. The third-order valence-electron chi connectivity index (χ3n) is 5.21. The van der Waals surface area contributed by atoms with Crippen molar-refractivity contribution in [3.63, 3.8) is 0 Å². The Bertz CT molecular complexity index is 833. The molecule has 0 saturated heterocycles. The zero-order chi connectivity index (χ0) is 19.7. The van der Waals surface area contributed by atoms with Crippen molar-refractivity contribution in [2.45, 2.75) is 46.0 Å². The maximum Gasteiger partial charge on any atom is 0.242 e. The second kappa shape index (κ2) is 7.18. The molecule has 0 spiro atoms. The molecular weight excluding hydrogens is 336 g/mol. The molecule has 1 saturated carbocycles. The lowest BCUT2D eigenvalue weighted by Gasteiger charge is -2.27. The summed E-state index contributed by atoms with van der Waals surface area (Å²) in [5, 5.41) is 3.04. The van der Waals surface area contributed by atoms with E-state index in [1.165, 1.54) is 0 Å². The van der Waals surface area contributed by atoms with E-state index in [0.29, 0.717) is 19.4 Å². The minimum absolute atomic E-state index is 0.0932. The average Bonchev–Trinajstić information content (AvgIpc) is 3.45. The monoisotopic (exact) mass is 364 g/mol. The van der Waals surface area contributed by atoms with Crippen LogP contribution in [-0.2, 0) is 15.0 Å². The molecule has 4 heteroatoms. The van der Waals surface area contributed by atoms with Crippen molar-refractivity contribution in [1.29, 1.82) is 0 Å². The van der Waals surface area contributed by atoms with E-state index in [-0.39, 0.29) is 17.2 Å². The molecule has 3 rings (SSSR count). The summed E-state index contributed by atoms with van der Waals surface area (Å²) in [5.74, 6) is -0.305. The molecule has 2 aromatic carbocycles. The number of amides is 2. The molecule has 0 atom stereocenters. The molecule has 1 fully saturated rings. The van der Waals surface area contributed by atoms with Gasteiger partial charge in [0.2, 0.25) is 11.8 Å². The third kappa shape index (κ3) is 3.75. The van der Waals surface area contributed by atoms with E-state index in [0.717, 1.165) is 16.9 Å². The van der Waals surface area contributed by atoms with E-state index in [1.54, 1.807) is 4.90 Å². The van der Waals surface area contributed by atoms with Crippen LogP contribution in [0.3, 0.4) is 0 Å². The fourth-order valence-corrected chi connectivity index (χ4v) is 3.46. The van der Waals surface area contributed by atoms with Gasteiger partial charge >= 0.3 is 0 Å². The van der Waals surface area contributed by atoms with Gasteiger partial charge in [-0.1, -0.05) is 57.2 Å². The summed E-state index contributed by atoms with van der Waals surface area (Å²) in [4.78, 5) is 28.1. The van der Waals surface area contributed by atoms with Gasteiger partial charge in [0.15, 0.2) is 0 Å². The van der Waals surface area contributed by atoms with Gasteiger partial charge in [0.1, 0.15) is 5.41 Å². The molecule has 27 heavy (non-hydrogen) atoms. The maximum atomic E-state index is 13.2. The van der Waals surface area contributed by atoms with Gasteiger partial charge in [-0.25, -0.2) is 0 Å². The van der Waals surface area contributed by atoms with Crippen LogP contribution in [0.2, 0.25) is 0 Å². The first-order valence-electron chi connectivity index (χ1n) is 9.57. The normalized spacial score (nSPS) is 15.1. The van der Waals surface area contributed by atoms with Gasteiger partial charge in [0.25, 0.3) is 0 Å². The zero-order valence-electron chi connectivity index (χ0n) is 16.6. The molecule has 142 valence electrons. The average molecular weight is 364 g/mol. The lowest BCUT2D eigenvalue weighted by atomic mass is 9.85. The van der Waals surface area contributed by atoms with Crippen LogP contribution in [0.15, 0.2) is 54.6 Å². The standard InChI is InChI=1S/C23H28N2O2/c1-5-25(17-11-7-6-8-12-17)21(27)23(15-16-23)20(26)24-19-14-10-9-13-18(19)22(2,3)4/h6-14H,5,15-16H2,1-4H3,(H,24,26). The molecule has 1 aliphatic rings. The van der Waals surface area contributed by atoms with Crippen LogP contribution in [0.25, 0.3) is 0 Å². The fourth-order valence-electron chi connectivity index (χ4n) is 3.46. The number of benzene rings is 2. The summed E-state index contributed by atoms with van der Waals surface area (Å²) in [7, 11) is 0. The van der Waals surface area contributed by atoms with E-state index >= 15 is 0 Å². The number of para-hydroxylation sites is 2. The van der Waals surface area contributed by atoms with Crippen LogP contribution < -0.4 is 10.2 Å². The predicted octanol–water partition coefficient (Wildman–Crippen LogP) is 4.76. The van der Waals surface area contributed by atoms with E-state index in [4.69, 9.17) is 0 Å². The molecule has 0 heterocycles. The van der Waals surface area contributed by atoms with Crippen molar-refractivity contribution in [3.05, 3.63) is 60.2 Å². The minimum atomic E-state index is -0.948. The Morgan fingerprint density at radius 3 is 2.15 bits per heavy atom. The summed E-state index contributed by atoms with van der Waals surface area (Å²) < 4.78 is 0. The molecule has 1 N–H and O–H groups in total. The highest BCUT2D eigenvalue weighted by Crippen LogP contribution is 2.49. The van der Waals surface area contributed by atoms with Gasteiger partial charge in [-0.15, -0.1) is 0 Å². The van der Waals surface area contributed by atoms with Crippen LogP contribution in [0.4, 0.5) is 11.4 Å². The van der Waals surface area contributed by atoms with Gasteiger partial charge in [0.05, 0.1) is 0 Å². The number of hydrogen-bond donors (Lipinski definition) is 1. The Morgan fingerprint density at radius 1 is 1.00 bits per heavy atom. The third-order valence-corrected chi connectivity index (χ3v) is 5.21. The summed E-state index contributed by atoms with van der Waals surface area (Å²) in [6, 6.07) is 17.4. The van der Waals surface area contributed by atoms with Crippen molar-refractivity contribution in [2.24, 2.45) is 5.41 Å². The van der Waals surface area contributed by atoms with Crippen LogP contribution in [0.5, 0.6) is 0 Å². The molecule has 0 aliphatic heterocycles. The van der Waals surface area contributed by atoms with Gasteiger partial charge in [-0.2, -0.15) is 0 Å². The first-order chi connectivity index (χ1) is 12.8. The Kier molecular flexibility index (Phi) is 5.09. The van der Waals surface area contributed by atoms with E-state index in [1.807, 2.05) is 61.5 Å². The van der Waals surface area contributed by atoms with Crippen molar-refractivity contribution < 1.29 is 9.59 Å². The van der Waals surface area contributed by atoms with Crippen molar-refractivity contribution >= 4 is 23.2 Å². The highest BCUT2D eigenvalue weighted by Gasteiger charge is 2.58. The summed E-state index contributed by atoms with van der Waals surface area (Å²) in [5.41, 5.74) is 1.65. The minimum Gasteiger partial charge on any atom is -0.325 e. The highest BCUT2D eigenvalue weighted by molar-refractivity contribution is 6.17. The SMILES string of the molecule is CCN(C(=O)C1(C(=O)Nc2ccccc2C(C)(C)C)CC1)c1ccccc1. The van der Waals surface area contributed by atoms with Gasteiger partial charge in [-0.05, 0) is 48.9 Å². The number of rotatable bonds is 5. The van der Waals surface area contributed by atoms with Crippen molar-refractivity contribution in [2.75, 3.05) is 16.8 Å². The lowest BCUT2D eigenvalue weighted by molar-refractivity contribution is -0.132. The van der Waals surface area contributed by atoms with Crippen LogP contribution in [0.1, 0.15) is 46.1 Å². The number of nitrogens with zero attached hydrogens (tertiary/aromatic N) is 1. The van der Waals surface area contributed by atoms with Crippen LogP contribution >= 0.6 is 0 Å². The second-order valence-corrected chi connectivity index (χ2v) is 8.22. The van der Waals surface area contributed by atoms with Crippen molar-refractivity contribution in [1.82, 2.24) is 0 Å². The molecule has 1 aliphatic carbocycles. The van der Waals surface area contributed by atoms with Gasteiger partial charge in [0, 0.05) is 17.9 Å². The number of carbonyl (C=O) groups excluding carboxylic acids is 2. The Balaban J connectivity index is 1.84. The maximum absolute atomic E-state index is 13.2. The molecule has 0 bridgehead atoms. The zero-order valence-corrected chi connectivity index (χ0v) is 16.6. The second-order valence-electron chi connectivity index (χ2n) is 8.22. The molecule has 0 radical (unpaired) electrons. The first kappa shape index (κ1) is 19.2. The predicted molar refractivity (Wildman–Crippen MR) is 110 cm³/mol. The summed E-state index contributed by atoms with van der Waals surface area (Å²) in [6.45, 7) is 8.82. The van der Waals surface area contributed by atoms with Crippen LogP contribution in [0, 0.1) is 5.41 Å². The molecular formula is C23H28N2O2. The molecule has 0 aromatic heterocycles. The Labute approximate surface area is 161 Å². The van der Waals surface area contributed by atoms with Gasteiger partial charge < -0.3 is 10.2 Å². The summed E-state index contributed by atoms with van der Waals surface area (Å²) >= 11 is 0. The summed E-state index contributed by atoms with van der Waals surface area (Å²) in [6.07, 6.45) is 1.19. The Morgan fingerprint density at radius 2 is 1.59 bits per heavy atom.